The minimum Gasteiger partial charge on any atom is -0.399 e. The highest BCUT2D eigenvalue weighted by molar-refractivity contribution is 5.83. The molecule has 0 bridgehead atoms. The Bertz CT molecular complexity index is 529. The Kier molecular flexibility index (Phi) is 2.56. The monoisotopic (exact) mass is 229 g/mol. The van der Waals surface area contributed by atoms with Crippen LogP contribution in [0.15, 0.2) is 30.5 Å². The van der Waals surface area contributed by atoms with E-state index in [0.29, 0.717) is 6.04 Å². The van der Waals surface area contributed by atoms with Gasteiger partial charge >= 0.3 is 0 Å². The fourth-order valence-corrected chi connectivity index (χ4v) is 2.81. The summed E-state index contributed by atoms with van der Waals surface area (Å²) >= 11 is 0. The molecule has 1 aromatic carbocycles. The third-order valence-electron chi connectivity index (χ3n) is 3.87. The van der Waals surface area contributed by atoms with Gasteiger partial charge in [-0.1, -0.05) is 0 Å². The van der Waals surface area contributed by atoms with E-state index in [4.69, 9.17) is 5.73 Å². The molecular weight excluding hydrogens is 210 g/mol. The van der Waals surface area contributed by atoms with Crippen LogP contribution in [0.3, 0.4) is 0 Å². The van der Waals surface area contributed by atoms with Crippen LogP contribution in [0.5, 0.6) is 0 Å². The molecule has 0 aliphatic carbocycles. The number of nitrogens with two attached hydrogens (primary N) is 1. The molecule has 90 valence electrons. The van der Waals surface area contributed by atoms with Crippen LogP contribution in [0.1, 0.15) is 12.8 Å². The van der Waals surface area contributed by atoms with Crippen LogP contribution in [0.25, 0.3) is 10.9 Å². The van der Waals surface area contributed by atoms with Gasteiger partial charge < -0.3 is 15.2 Å². The van der Waals surface area contributed by atoms with Gasteiger partial charge in [-0.25, -0.2) is 0 Å². The first kappa shape index (κ1) is 10.7. The number of hydrogen-bond donors (Lipinski definition) is 1. The van der Waals surface area contributed by atoms with E-state index in [9.17, 15) is 0 Å². The topological polar surface area (TPSA) is 34.2 Å². The number of rotatable bonds is 2. The molecule has 2 heterocycles. The molecular formula is C14H19N3. The molecule has 1 unspecified atom stereocenters. The zero-order valence-corrected chi connectivity index (χ0v) is 10.3. The largest absolute Gasteiger partial charge is 0.399 e. The smallest absolute Gasteiger partial charge is 0.0482 e. The Labute approximate surface area is 102 Å². The van der Waals surface area contributed by atoms with E-state index < -0.39 is 0 Å². The first-order valence-electron chi connectivity index (χ1n) is 6.28. The molecule has 0 radical (unpaired) electrons. The van der Waals surface area contributed by atoms with Crippen molar-refractivity contribution >= 4 is 16.6 Å². The Balaban J connectivity index is 1.90. The molecule has 0 spiro atoms. The SMILES string of the molecule is CN1CCCC1Cn1ccc2cc(N)ccc21. The molecule has 3 rings (SSSR count). The molecule has 1 fully saturated rings. The second kappa shape index (κ2) is 4.08. The van der Waals surface area contributed by atoms with Crippen molar-refractivity contribution in [1.82, 2.24) is 9.47 Å². The quantitative estimate of drug-likeness (QED) is 0.802. The predicted molar refractivity (Wildman–Crippen MR) is 72.0 cm³/mol. The second-order valence-corrected chi connectivity index (χ2v) is 5.06. The average molecular weight is 229 g/mol. The predicted octanol–water partition coefficient (Wildman–Crippen LogP) is 2.32. The highest BCUT2D eigenvalue weighted by Gasteiger charge is 2.21. The normalized spacial score (nSPS) is 21.4. The summed E-state index contributed by atoms with van der Waals surface area (Å²) in [5.74, 6) is 0. The molecule has 2 N–H and O–H groups in total. The van der Waals surface area contributed by atoms with Crippen molar-refractivity contribution < 1.29 is 0 Å². The second-order valence-electron chi connectivity index (χ2n) is 5.06. The van der Waals surface area contributed by atoms with E-state index in [2.05, 4.69) is 34.8 Å². The fraction of sp³-hybridized carbons (Fsp3) is 0.429. The number of fused-ring (bicyclic) bond motifs is 1. The van der Waals surface area contributed by atoms with Crippen LogP contribution in [-0.4, -0.2) is 29.1 Å². The maximum atomic E-state index is 5.80. The lowest BCUT2D eigenvalue weighted by Crippen LogP contribution is -2.28. The standard InChI is InChI=1S/C14H19N3/c1-16-7-2-3-13(16)10-17-8-6-11-9-12(15)4-5-14(11)17/h4-6,8-9,13H,2-3,7,10,15H2,1H3. The molecule has 1 saturated heterocycles. The molecule has 3 nitrogen and oxygen atoms in total. The molecule has 2 aromatic rings. The number of aromatic nitrogens is 1. The van der Waals surface area contributed by atoms with E-state index in [1.54, 1.807) is 0 Å². The summed E-state index contributed by atoms with van der Waals surface area (Å²) < 4.78 is 2.35. The van der Waals surface area contributed by atoms with E-state index in [1.807, 2.05) is 12.1 Å². The lowest BCUT2D eigenvalue weighted by Gasteiger charge is -2.20. The first-order valence-corrected chi connectivity index (χ1v) is 6.28. The van der Waals surface area contributed by atoms with Gasteiger partial charge in [-0.15, -0.1) is 0 Å². The molecule has 1 aliphatic rings. The van der Waals surface area contributed by atoms with Gasteiger partial charge in [0.05, 0.1) is 0 Å². The molecule has 1 atom stereocenters. The highest BCUT2D eigenvalue weighted by Crippen LogP contribution is 2.22. The summed E-state index contributed by atoms with van der Waals surface area (Å²) in [6.07, 6.45) is 4.81. The average Bonchev–Trinajstić information content (AvgIpc) is 2.87. The van der Waals surface area contributed by atoms with Gasteiger partial charge in [-0.3, -0.25) is 0 Å². The van der Waals surface area contributed by atoms with Crippen LogP contribution in [-0.2, 0) is 6.54 Å². The van der Waals surface area contributed by atoms with Crippen LogP contribution in [0.4, 0.5) is 5.69 Å². The van der Waals surface area contributed by atoms with Crippen molar-refractivity contribution in [2.75, 3.05) is 19.3 Å². The van der Waals surface area contributed by atoms with E-state index in [-0.39, 0.29) is 0 Å². The Morgan fingerprint density at radius 2 is 2.24 bits per heavy atom. The molecule has 1 aromatic heterocycles. The summed E-state index contributed by atoms with van der Waals surface area (Å²) in [5, 5.41) is 1.24. The lowest BCUT2D eigenvalue weighted by molar-refractivity contribution is 0.284. The molecule has 0 amide bonds. The summed E-state index contributed by atoms with van der Waals surface area (Å²) in [6, 6.07) is 8.99. The minimum atomic E-state index is 0.683. The van der Waals surface area contributed by atoms with Crippen molar-refractivity contribution in [3.8, 4) is 0 Å². The summed E-state index contributed by atoms with van der Waals surface area (Å²) in [6.45, 7) is 2.32. The number of anilines is 1. The van der Waals surface area contributed by atoms with E-state index >= 15 is 0 Å². The zero-order valence-electron chi connectivity index (χ0n) is 10.3. The van der Waals surface area contributed by atoms with Gasteiger partial charge in [0.2, 0.25) is 0 Å². The van der Waals surface area contributed by atoms with Crippen molar-refractivity contribution in [1.29, 1.82) is 0 Å². The Morgan fingerprint density at radius 3 is 3.00 bits per heavy atom. The summed E-state index contributed by atoms with van der Waals surface area (Å²) in [7, 11) is 2.22. The van der Waals surface area contributed by atoms with Gasteiger partial charge in [-0.2, -0.15) is 0 Å². The van der Waals surface area contributed by atoms with E-state index in [0.717, 1.165) is 12.2 Å². The van der Waals surface area contributed by atoms with Gasteiger partial charge in [0.15, 0.2) is 0 Å². The fourth-order valence-electron chi connectivity index (χ4n) is 2.81. The molecule has 17 heavy (non-hydrogen) atoms. The highest BCUT2D eigenvalue weighted by atomic mass is 15.2. The van der Waals surface area contributed by atoms with Crippen LogP contribution in [0.2, 0.25) is 0 Å². The van der Waals surface area contributed by atoms with Crippen molar-refractivity contribution in [3.63, 3.8) is 0 Å². The summed E-state index contributed by atoms with van der Waals surface area (Å²) in [5.41, 5.74) is 7.93. The summed E-state index contributed by atoms with van der Waals surface area (Å²) in [4.78, 5) is 2.46. The zero-order chi connectivity index (χ0) is 11.8. The number of hydrogen-bond acceptors (Lipinski definition) is 2. The third-order valence-corrected chi connectivity index (χ3v) is 3.87. The number of likely N-dealkylation sites (tertiary alicyclic amines) is 1. The number of nitrogens with zero attached hydrogens (tertiary/aromatic N) is 2. The Morgan fingerprint density at radius 1 is 1.35 bits per heavy atom. The maximum absolute atomic E-state index is 5.80. The van der Waals surface area contributed by atoms with Crippen molar-refractivity contribution in [3.05, 3.63) is 30.5 Å². The molecule has 0 saturated carbocycles. The van der Waals surface area contributed by atoms with Crippen molar-refractivity contribution in [2.45, 2.75) is 25.4 Å². The lowest BCUT2D eigenvalue weighted by atomic mass is 10.2. The first-order chi connectivity index (χ1) is 8.24. The van der Waals surface area contributed by atoms with Crippen molar-refractivity contribution in [2.24, 2.45) is 0 Å². The van der Waals surface area contributed by atoms with Gasteiger partial charge in [0.25, 0.3) is 0 Å². The van der Waals surface area contributed by atoms with Crippen LogP contribution < -0.4 is 5.73 Å². The number of benzene rings is 1. The third kappa shape index (κ3) is 1.91. The van der Waals surface area contributed by atoms with Crippen LogP contribution in [0, 0.1) is 0 Å². The van der Waals surface area contributed by atoms with E-state index in [1.165, 1.54) is 30.3 Å². The number of likely N-dealkylation sites (N-methyl/N-ethyl adjacent to an activating group) is 1. The molecule has 3 heteroatoms. The van der Waals surface area contributed by atoms with Gasteiger partial charge in [-0.05, 0) is 50.7 Å². The minimum absolute atomic E-state index is 0.683. The van der Waals surface area contributed by atoms with Crippen LogP contribution >= 0.6 is 0 Å². The van der Waals surface area contributed by atoms with Gasteiger partial charge in [0.1, 0.15) is 0 Å². The number of nitrogen functional groups attached to an aromatic ring is 1. The maximum Gasteiger partial charge on any atom is 0.0482 e. The molecule has 1 aliphatic heterocycles. The Hall–Kier alpha value is -1.48. The van der Waals surface area contributed by atoms with Gasteiger partial charge in [0, 0.05) is 35.4 Å².